The topological polar surface area (TPSA) is 93.4 Å². The minimum Gasteiger partial charge on any atom is -0.506 e. The van der Waals surface area contributed by atoms with E-state index in [2.05, 4.69) is 10.3 Å². The molecule has 0 atom stereocenters. The van der Waals surface area contributed by atoms with Crippen molar-refractivity contribution in [1.29, 1.82) is 0 Å². The Morgan fingerprint density at radius 3 is 2.65 bits per heavy atom. The molecule has 0 bridgehead atoms. The average molecular weight is 419 g/mol. The minimum atomic E-state index is -0.861. The van der Waals surface area contributed by atoms with Gasteiger partial charge < -0.3 is 15.2 Å². The van der Waals surface area contributed by atoms with Gasteiger partial charge in [0.2, 0.25) is 0 Å². The second kappa shape index (κ2) is 8.27. The molecule has 2 heterocycles. The van der Waals surface area contributed by atoms with Crippen LogP contribution in [0.4, 0.5) is 10.1 Å². The summed E-state index contributed by atoms with van der Waals surface area (Å²) in [5, 5.41) is 13.4. The van der Waals surface area contributed by atoms with Crippen molar-refractivity contribution in [1.82, 2.24) is 9.55 Å². The first-order valence-electron chi connectivity index (χ1n) is 9.39. The third-order valence-corrected chi connectivity index (χ3v) is 4.81. The Hall–Kier alpha value is -4.20. The summed E-state index contributed by atoms with van der Waals surface area (Å²) in [5.41, 5.74) is 0.0291. The Labute approximate surface area is 176 Å². The summed E-state index contributed by atoms with van der Waals surface area (Å²) in [5.74, 6) is -2.00. The van der Waals surface area contributed by atoms with Crippen LogP contribution in [-0.4, -0.2) is 27.7 Å². The summed E-state index contributed by atoms with van der Waals surface area (Å²) in [6.07, 6.45) is 1.50. The highest BCUT2D eigenvalue weighted by Crippen LogP contribution is 2.27. The zero-order valence-electron chi connectivity index (χ0n) is 16.5. The number of rotatable bonds is 5. The second-order valence-electron chi connectivity index (χ2n) is 6.78. The number of halogens is 1. The summed E-state index contributed by atoms with van der Waals surface area (Å²) in [4.78, 5) is 30.3. The quantitative estimate of drug-likeness (QED) is 0.516. The molecule has 2 aromatic carbocycles. The number of hydrogen-bond acceptors (Lipinski definition) is 5. The van der Waals surface area contributed by atoms with Crippen LogP contribution in [0, 0.1) is 5.82 Å². The molecule has 0 aliphatic carbocycles. The fourth-order valence-corrected chi connectivity index (χ4v) is 3.32. The van der Waals surface area contributed by atoms with Crippen LogP contribution >= 0.6 is 0 Å². The minimum absolute atomic E-state index is 0.0165. The van der Waals surface area contributed by atoms with Crippen molar-refractivity contribution in [3.63, 3.8) is 0 Å². The lowest BCUT2D eigenvalue weighted by Crippen LogP contribution is -2.30. The number of ether oxygens (including phenoxy) is 1. The van der Waals surface area contributed by atoms with Crippen LogP contribution in [0.3, 0.4) is 0 Å². The molecule has 31 heavy (non-hydrogen) atoms. The Balaban J connectivity index is 1.81. The van der Waals surface area contributed by atoms with Crippen molar-refractivity contribution in [3.05, 3.63) is 94.2 Å². The highest BCUT2D eigenvalue weighted by molar-refractivity contribution is 6.08. The van der Waals surface area contributed by atoms with Crippen molar-refractivity contribution in [2.75, 3.05) is 12.4 Å². The number of methoxy groups -OCH3 is 1. The Kier molecular flexibility index (Phi) is 5.36. The third kappa shape index (κ3) is 3.83. The molecule has 0 spiro atoms. The molecule has 0 unspecified atom stereocenters. The van der Waals surface area contributed by atoms with Gasteiger partial charge in [-0.05, 0) is 29.8 Å². The van der Waals surface area contributed by atoms with E-state index in [1.807, 2.05) is 30.3 Å². The molecule has 0 saturated carbocycles. The van der Waals surface area contributed by atoms with Crippen molar-refractivity contribution in [2.24, 2.45) is 0 Å². The molecule has 0 saturated heterocycles. The number of pyridine rings is 2. The van der Waals surface area contributed by atoms with Gasteiger partial charge in [0.1, 0.15) is 17.0 Å². The van der Waals surface area contributed by atoms with Gasteiger partial charge in [0.15, 0.2) is 11.6 Å². The predicted molar refractivity (Wildman–Crippen MR) is 114 cm³/mol. The molecule has 4 aromatic rings. The zero-order chi connectivity index (χ0) is 22.0. The first-order chi connectivity index (χ1) is 15.0. The highest BCUT2D eigenvalue weighted by Gasteiger charge is 2.23. The second-order valence-corrected chi connectivity index (χ2v) is 6.78. The van der Waals surface area contributed by atoms with Gasteiger partial charge in [0, 0.05) is 18.0 Å². The van der Waals surface area contributed by atoms with E-state index in [4.69, 9.17) is 4.74 Å². The van der Waals surface area contributed by atoms with E-state index in [-0.39, 0.29) is 29.0 Å². The summed E-state index contributed by atoms with van der Waals surface area (Å²) in [6.45, 7) is 0.158. The molecule has 4 rings (SSSR count). The number of amides is 1. The van der Waals surface area contributed by atoms with Crippen LogP contribution in [0.2, 0.25) is 0 Å². The molecule has 8 heteroatoms. The van der Waals surface area contributed by atoms with Crippen molar-refractivity contribution < 1.29 is 19.0 Å². The molecule has 156 valence electrons. The number of fused-ring (bicyclic) bond motifs is 1. The number of hydrogen-bond donors (Lipinski definition) is 2. The summed E-state index contributed by atoms with van der Waals surface area (Å²) < 4.78 is 20.2. The van der Waals surface area contributed by atoms with Crippen LogP contribution in [0.15, 0.2) is 71.7 Å². The van der Waals surface area contributed by atoms with E-state index in [0.29, 0.717) is 0 Å². The van der Waals surface area contributed by atoms with Crippen molar-refractivity contribution in [3.8, 4) is 11.5 Å². The van der Waals surface area contributed by atoms with Crippen LogP contribution in [0.25, 0.3) is 11.0 Å². The number of carbonyl (C=O) groups excluding carboxylic acids is 1. The van der Waals surface area contributed by atoms with Gasteiger partial charge in [-0.1, -0.05) is 30.3 Å². The summed E-state index contributed by atoms with van der Waals surface area (Å²) in [6, 6.07) is 16.2. The summed E-state index contributed by atoms with van der Waals surface area (Å²) >= 11 is 0. The number of anilines is 1. The molecule has 0 radical (unpaired) electrons. The lowest BCUT2D eigenvalue weighted by molar-refractivity contribution is 0.102. The van der Waals surface area contributed by atoms with E-state index in [9.17, 15) is 19.1 Å². The van der Waals surface area contributed by atoms with Gasteiger partial charge in [-0.15, -0.1) is 0 Å². The highest BCUT2D eigenvalue weighted by atomic mass is 19.1. The van der Waals surface area contributed by atoms with Crippen LogP contribution in [-0.2, 0) is 6.54 Å². The fraction of sp³-hybridized carbons (Fsp3) is 0.0870. The predicted octanol–water partition coefficient (Wildman–Crippen LogP) is 3.55. The van der Waals surface area contributed by atoms with E-state index in [1.165, 1.54) is 30.0 Å². The Morgan fingerprint density at radius 1 is 1.16 bits per heavy atom. The maximum absolute atomic E-state index is 14.0. The van der Waals surface area contributed by atoms with Crippen molar-refractivity contribution >= 4 is 22.6 Å². The summed E-state index contributed by atoms with van der Waals surface area (Å²) in [7, 11) is 1.33. The van der Waals surface area contributed by atoms with Gasteiger partial charge >= 0.3 is 0 Å². The molecule has 0 fully saturated rings. The number of carbonyl (C=O) groups is 1. The van der Waals surface area contributed by atoms with Gasteiger partial charge in [-0.25, -0.2) is 9.37 Å². The molecule has 2 N–H and O–H groups in total. The number of nitrogens with one attached hydrogen (secondary N) is 1. The SMILES string of the molecule is COc1ccc(NC(=O)c2c(O)c3cccnc3n(Cc3ccccc3)c2=O)cc1F. The van der Waals surface area contributed by atoms with Crippen LogP contribution in [0.5, 0.6) is 11.5 Å². The third-order valence-electron chi connectivity index (χ3n) is 4.81. The monoisotopic (exact) mass is 419 g/mol. The average Bonchev–Trinajstić information content (AvgIpc) is 2.77. The first kappa shape index (κ1) is 20.1. The van der Waals surface area contributed by atoms with Crippen LogP contribution in [0.1, 0.15) is 15.9 Å². The number of nitrogens with zero attached hydrogens (tertiary/aromatic N) is 2. The first-order valence-corrected chi connectivity index (χ1v) is 9.39. The largest absolute Gasteiger partial charge is 0.506 e. The number of benzene rings is 2. The smallest absolute Gasteiger partial charge is 0.269 e. The molecule has 2 aromatic heterocycles. The molecular weight excluding hydrogens is 401 g/mol. The van der Waals surface area contributed by atoms with Gasteiger partial charge in [0.05, 0.1) is 19.0 Å². The molecule has 1 amide bonds. The molecule has 0 aliphatic heterocycles. The molecule has 7 nitrogen and oxygen atoms in total. The van der Waals surface area contributed by atoms with Crippen molar-refractivity contribution in [2.45, 2.75) is 6.54 Å². The standard InChI is InChI=1S/C23H18FN3O4/c1-31-18-10-9-15(12-17(18)24)26-22(29)19-20(28)16-8-5-11-25-21(16)27(23(19)30)13-14-6-3-2-4-7-14/h2-12,28H,13H2,1H3,(H,26,29). The number of aromatic nitrogens is 2. The van der Waals surface area contributed by atoms with Gasteiger partial charge in [-0.2, -0.15) is 0 Å². The maximum Gasteiger partial charge on any atom is 0.269 e. The van der Waals surface area contributed by atoms with Crippen LogP contribution < -0.4 is 15.6 Å². The lowest BCUT2D eigenvalue weighted by Gasteiger charge is -2.14. The van der Waals surface area contributed by atoms with E-state index < -0.39 is 28.6 Å². The lowest BCUT2D eigenvalue weighted by atomic mass is 10.1. The van der Waals surface area contributed by atoms with E-state index in [0.717, 1.165) is 11.6 Å². The zero-order valence-corrected chi connectivity index (χ0v) is 16.5. The molecule has 0 aliphatic rings. The normalized spacial score (nSPS) is 10.8. The van der Waals surface area contributed by atoms with E-state index in [1.54, 1.807) is 12.1 Å². The maximum atomic E-state index is 14.0. The van der Waals surface area contributed by atoms with Gasteiger partial charge in [0.25, 0.3) is 11.5 Å². The fourth-order valence-electron chi connectivity index (χ4n) is 3.32. The number of aromatic hydroxyl groups is 1. The molecular formula is C23H18FN3O4. The van der Waals surface area contributed by atoms with Gasteiger partial charge in [-0.3, -0.25) is 14.2 Å². The Bertz CT molecular complexity index is 1340. The Morgan fingerprint density at radius 2 is 1.94 bits per heavy atom. The van der Waals surface area contributed by atoms with E-state index >= 15 is 0 Å².